The highest BCUT2D eigenvalue weighted by Gasteiger charge is 2.24. The number of anilines is 2. The highest BCUT2D eigenvalue weighted by atomic mass is 79.9. The highest BCUT2D eigenvalue weighted by Crippen LogP contribution is 2.38. The van der Waals surface area contributed by atoms with Gasteiger partial charge in [-0.2, -0.15) is 0 Å². The molecule has 0 saturated carbocycles. The SMILES string of the molecule is CC(O)C(=O)Nc1c[nH]c2ncc(Br)c(N3CCC[C@@H](N)C3)c12. The summed E-state index contributed by atoms with van der Waals surface area (Å²) in [6.45, 7) is 3.09. The fourth-order valence-electron chi connectivity index (χ4n) is 2.91. The van der Waals surface area contributed by atoms with E-state index in [1.54, 1.807) is 12.4 Å². The third-order valence-electron chi connectivity index (χ3n) is 4.04. The first-order valence-corrected chi connectivity index (χ1v) is 8.41. The lowest BCUT2D eigenvalue weighted by atomic mass is 10.1. The maximum Gasteiger partial charge on any atom is 0.252 e. The second-order valence-corrected chi connectivity index (χ2v) is 6.75. The molecule has 23 heavy (non-hydrogen) atoms. The third kappa shape index (κ3) is 3.19. The van der Waals surface area contributed by atoms with Gasteiger partial charge in [-0.05, 0) is 35.7 Å². The number of pyridine rings is 1. The Morgan fingerprint density at radius 2 is 2.43 bits per heavy atom. The zero-order valence-corrected chi connectivity index (χ0v) is 14.4. The van der Waals surface area contributed by atoms with Crippen LogP contribution in [0.4, 0.5) is 11.4 Å². The molecule has 0 aromatic carbocycles. The van der Waals surface area contributed by atoms with Gasteiger partial charge in [0.1, 0.15) is 11.8 Å². The summed E-state index contributed by atoms with van der Waals surface area (Å²) in [6, 6.07) is 0.133. The van der Waals surface area contributed by atoms with Crippen LogP contribution in [-0.2, 0) is 4.79 Å². The van der Waals surface area contributed by atoms with Gasteiger partial charge < -0.3 is 26.0 Å². The van der Waals surface area contributed by atoms with E-state index in [0.717, 1.165) is 41.5 Å². The number of aliphatic hydroxyl groups excluding tert-OH is 1. The first kappa shape index (κ1) is 16.2. The van der Waals surface area contributed by atoms with E-state index >= 15 is 0 Å². The molecule has 8 heteroatoms. The number of aromatic nitrogens is 2. The molecule has 2 aromatic heterocycles. The molecular weight excluding hydrogens is 362 g/mol. The van der Waals surface area contributed by atoms with Gasteiger partial charge in [-0.1, -0.05) is 0 Å². The molecule has 3 rings (SSSR count). The lowest BCUT2D eigenvalue weighted by Gasteiger charge is -2.33. The van der Waals surface area contributed by atoms with Gasteiger partial charge in [0.2, 0.25) is 0 Å². The van der Waals surface area contributed by atoms with Crippen LogP contribution in [0.25, 0.3) is 11.0 Å². The van der Waals surface area contributed by atoms with Gasteiger partial charge in [-0.25, -0.2) is 4.98 Å². The summed E-state index contributed by atoms with van der Waals surface area (Å²) >= 11 is 3.57. The van der Waals surface area contributed by atoms with E-state index < -0.39 is 12.0 Å². The van der Waals surface area contributed by atoms with Crippen molar-refractivity contribution in [2.45, 2.75) is 31.9 Å². The Balaban J connectivity index is 2.06. The van der Waals surface area contributed by atoms with Crippen LogP contribution in [0.2, 0.25) is 0 Å². The molecule has 3 heterocycles. The van der Waals surface area contributed by atoms with Crippen molar-refractivity contribution in [3.8, 4) is 0 Å². The number of nitrogens with two attached hydrogens (primary N) is 1. The molecule has 1 aliphatic heterocycles. The number of amides is 1. The minimum absolute atomic E-state index is 0.133. The van der Waals surface area contributed by atoms with Gasteiger partial charge in [0.25, 0.3) is 5.91 Å². The molecule has 124 valence electrons. The van der Waals surface area contributed by atoms with Gasteiger partial charge in [0, 0.05) is 31.5 Å². The quantitative estimate of drug-likeness (QED) is 0.645. The average Bonchev–Trinajstić information content (AvgIpc) is 2.90. The highest BCUT2D eigenvalue weighted by molar-refractivity contribution is 9.10. The molecular formula is C15H20BrN5O2. The molecule has 2 aromatic rings. The number of nitrogens with zero attached hydrogens (tertiary/aromatic N) is 2. The van der Waals surface area contributed by atoms with Gasteiger partial charge in [0.15, 0.2) is 0 Å². The largest absolute Gasteiger partial charge is 0.384 e. The van der Waals surface area contributed by atoms with Crippen LogP contribution < -0.4 is 16.0 Å². The number of aliphatic hydroxyl groups is 1. The fraction of sp³-hybridized carbons (Fsp3) is 0.467. The van der Waals surface area contributed by atoms with Gasteiger partial charge in [-0.15, -0.1) is 0 Å². The van der Waals surface area contributed by atoms with Crippen LogP contribution in [0, 0.1) is 0 Å². The van der Waals surface area contributed by atoms with Gasteiger partial charge >= 0.3 is 0 Å². The van der Waals surface area contributed by atoms with Crippen molar-refractivity contribution in [2.75, 3.05) is 23.3 Å². The van der Waals surface area contributed by atoms with Crippen molar-refractivity contribution >= 4 is 44.2 Å². The van der Waals surface area contributed by atoms with Crippen molar-refractivity contribution in [3.05, 3.63) is 16.9 Å². The van der Waals surface area contributed by atoms with E-state index in [1.165, 1.54) is 6.92 Å². The molecule has 7 nitrogen and oxygen atoms in total. The topological polar surface area (TPSA) is 107 Å². The van der Waals surface area contributed by atoms with E-state index in [-0.39, 0.29) is 6.04 Å². The van der Waals surface area contributed by atoms with E-state index in [0.29, 0.717) is 11.3 Å². The molecule has 1 aliphatic rings. The normalized spacial score (nSPS) is 19.8. The Hall–Kier alpha value is -1.64. The molecule has 5 N–H and O–H groups in total. The van der Waals surface area contributed by atoms with Crippen molar-refractivity contribution in [2.24, 2.45) is 5.73 Å². The number of hydrogen-bond donors (Lipinski definition) is 4. The number of aromatic amines is 1. The number of halogens is 1. The lowest BCUT2D eigenvalue weighted by Crippen LogP contribution is -2.43. The number of nitrogens with one attached hydrogen (secondary N) is 2. The number of piperidine rings is 1. The van der Waals surface area contributed by atoms with E-state index in [4.69, 9.17) is 5.73 Å². The third-order valence-corrected chi connectivity index (χ3v) is 4.62. The Kier molecular flexibility index (Phi) is 4.56. The van der Waals surface area contributed by atoms with Crippen LogP contribution in [0.15, 0.2) is 16.9 Å². The molecule has 0 aliphatic carbocycles. The van der Waals surface area contributed by atoms with Crippen molar-refractivity contribution in [3.63, 3.8) is 0 Å². The minimum Gasteiger partial charge on any atom is -0.384 e. The summed E-state index contributed by atoms with van der Waals surface area (Å²) < 4.78 is 0.853. The molecule has 0 radical (unpaired) electrons. The van der Waals surface area contributed by atoms with Crippen molar-refractivity contribution < 1.29 is 9.90 Å². The first-order chi connectivity index (χ1) is 11.0. The number of fused-ring (bicyclic) bond motifs is 1. The number of carbonyl (C=O) groups excluding carboxylic acids is 1. The van der Waals surface area contributed by atoms with E-state index in [1.807, 2.05) is 0 Å². The zero-order chi connectivity index (χ0) is 16.6. The predicted molar refractivity (Wildman–Crippen MR) is 93.5 cm³/mol. The summed E-state index contributed by atoms with van der Waals surface area (Å²) in [5.74, 6) is -0.452. The Morgan fingerprint density at radius 3 is 3.13 bits per heavy atom. The Bertz CT molecular complexity index is 730. The molecule has 0 bridgehead atoms. The molecule has 1 unspecified atom stereocenters. The molecule has 2 atom stereocenters. The summed E-state index contributed by atoms with van der Waals surface area (Å²) in [7, 11) is 0. The van der Waals surface area contributed by atoms with Crippen LogP contribution in [0.1, 0.15) is 19.8 Å². The lowest BCUT2D eigenvalue weighted by molar-refractivity contribution is -0.123. The maximum atomic E-state index is 11.8. The van der Waals surface area contributed by atoms with E-state index in [2.05, 4.69) is 36.1 Å². The summed E-state index contributed by atoms with van der Waals surface area (Å²) in [5.41, 5.74) is 8.36. The first-order valence-electron chi connectivity index (χ1n) is 7.62. The Morgan fingerprint density at radius 1 is 1.65 bits per heavy atom. The van der Waals surface area contributed by atoms with Crippen LogP contribution >= 0.6 is 15.9 Å². The number of hydrogen-bond acceptors (Lipinski definition) is 5. The monoisotopic (exact) mass is 381 g/mol. The number of H-pyrrole nitrogens is 1. The molecule has 1 fully saturated rings. The van der Waals surface area contributed by atoms with Crippen molar-refractivity contribution in [1.29, 1.82) is 0 Å². The standard InChI is InChI=1S/C15H20BrN5O2/c1-8(22)15(23)20-11-6-19-14-12(11)13(10(16)5-18-14)21-4-2-3-9(17)7-21/h5-6,8-9,22H,2-4,7,17H2,1H3,(H,18,19)(H,20,23)/t8?,9-/m1/s1. The van der Waals surface area contributed by atoms with Crippen LogP contribution in [-0.4, -0.2) is 46.2 Å². The molecule has 1 amide bonds. The van der Waals surface area contributed by atoms with Gasteiger partial charge in [-0.3, -0.25) is 4.79 Å². The van der Waals surface area contributed by atoms with Crippen molar-refractivity contribution in [1.82, 2.24) is 9.97 Å². The fourth-order valence-corrected chi connectivity index (χ4v) is 3.47. The second kappa shape index (κ2) is 6.46. The minimum atomic E-state index is -1.08. The summed E-state index contributed by atoms with van der Waals surface area (Å²) in [4.78, 5) is 21.5. The number of rotatable bonds is 3. The molecule has 0 spiro atoms. The maximum absolute atomic E-state index is 11.8. The molecule has 1 saturated heterocycles. The predicted octanol–water partition coefficient (Wildman–Crippen LogP) is 1.57. The smallest absolute Gasteiger partial charge is 0.252 e. The number of carbonyl (C=O) groups is 1. The van der Waals surface area contributed by atoms with Gasteiger partial charge in [0.05, 0.1) is 21.2 Å². The summed E-state index contributed by atoms with van der Waals surface area (Å²) in [5, 5.41) is 13.0. The average molecular weight is 382 g/mol. The van der Waals surface area contributed by atoms with E-state index in [9.17, 15) is 9.90 Å². The second-order valence-electron chi connectivity index (χ2n) is 5.89. The van der Waals surface area contributed by atoms with Crippen LogP contribution in [0.5, 0.6) is 0 Å². The zero-order valence-electron chi connectivity index (χ0n) is 12.8. The van der Waals surface area contributed by atoms with Crippen LogP contribution in [0.3, 0.4) is 0 Å². The summed E-state index contributed by atoms with van der Waals surface area (Å²) in [6.07, 6.45) is 4.40. The Labute approximate surface area is 142 Å².